The van der Waals surface area contributed by atoms with Gasteiger partial charge in [-0.2, -0.15) is 0 Å². The first-order valence-corrected chi connectivity index (χ1v) is 3.68. The van der Waals surface area contributed by atoms with Crippen LogP contribution in [0.2, 0.25) is 0 Å². The monoisotopic (exact) mass is 162 g/mol. The third-order valence-electron chi connectivity index (χ3n) is 1.48. The third kappa shape index (κ3) is 1.29. The summed E-state index contributed by atoms with van der Waals surface area (Å²) in [6, 6.07) is 3.68. The number of anilines is 1. The number of hydroxylamine groups is 1. The number of aromatic nitrogens is 1. The predicted octanol–water partition coefficient (Wildman–Crippen LogP) is 1.01. The number of nitrogens with zero attached hydrogens (tertiary/aromatic N) is 3. The highest BCUT2D eigenvalue weighted by Crippen LogP contribution is 2.15. The van der Waals surface area contributed by atoms with Gasteiger partial charge in [0.15, 0.2) is 6.23 Å². The maximum atomic E-state index is 5.29. The molecule has 61 valence electrons. The van der Waals surface area contributed by atoms with E-state index in [1.54, 1.807) is 17.6 Å². The SMILES string of the molecule is CC1N=CN(c2[c]nccc2)O1. The van der Waals surface area contributed by atoms with Crippen molar-refractivity contribution in [2.24, 2.45) is 4.99 Å². The highest BCUT2D eigenvalue weighted by atomic mass is 16.7. The Labute approximate surface area is 70.5 Å². The fourth-order valence-corrected chi connectivity index (χ4v) is 0.933. The zero-order valence-corrected chi connectivity index (χ0v) is 6.64. The first kappa shape index (κ1) is 7.24. The lowest BCUT2D eigenvalue weighted by Crippen LogP contribution is -2.18. The van der Waals surface area contributed by atoms with Crippen molar-refractivity contribution in [2.45, 2.75) is 13.2 Å². The molecule has 1 aliphatic heterocycles. The fourth-order valence-electron chi connectivity index (χ4n) is 0.933. The Morgan fingerprint density at radius 3 is 3.17 bits per heavy atom. The second kappa shape index (κ2) is 2.91. The van der Waals surface area contributed by atoms with E-state index in [0.717, 1.165) is 5.69 Å². The number of hydrogen-bond acceptors (Lipinski definition) is 4. The van der Waals surface area contributed by atoms with Gasteiger partial charge in [-0.3, -0.25) is 4.98 Å². The molecule has 1 aromatic rings. The third-order valence-corrected chi connectivity index (χ3v) is 1.48. The van der Waals surface area contributed by atoms with Crippen molar-refractivity contribution in [1.29, 1.82) is 0 Å². The first-order valence-electron chi connectivity index (χ1n) is 3.68. The van der Waals surface area contributed by atoms with Gasteiger partial charge in [-0.05, 0) is 19.1 Å². The summed E-state index contributed by atoms with van der Waals surface area (Å²) in [5, 5.41) is 1.55. The van der Waals surface area contributed by atoms with Crippen molar-refractivity contribution in [1.82, 2.24) is 4.98 Å². The summed E-state index contributed by atoms with van der Waals surface area (Å²) in [5.41, 5.74) is 0.769. The van der Waals surface area contributed by atoms with Crippen LogP contribution in [0.15, 0.2) is 23.3 Å². The minimum atomic E-state index is -0.112. The highest BCUT2D eigenvalue weighted by Gasteiger charge is 2.14. The fraction of sp³-hybridized carbons (Fsp3) is 0.250. The standard InChI is InChI=1S/C8H8N3O/c1-7-10-6-11(12-7)8-3-2-4-9-5-8/h2-4,6-7H,1H3. The second-order valence-corrected chi connectivity index (χ2v) is 2.43. The predicted molar refractivity (Wildman–Crippen MR) is 44.6 cm³/mol. The number of pyridine rings is 1. The molecule has 0 saturated heterocycles. The summed E-state index contributed by atoms with van der Waals surface area (Å²) < 4.78 is 0. The van der Waals surface area contributed by atoms with Crippen LogP contribution in [0, 0.1) is 6.20 Å². The highest BCUT2D eigenvalue weighted by molar-refractivity contribution is 5.76. The molecule has 1 unspecified atom stereocenters. The molecule has 0 fully saturated rings. The Balaban J connectivity index is 2.18. The van der Waals surface area contributed by atoms with Gasteiger partial charge in [0.25, 0.3) is 0 Å². The number of aliphatic imine (C=N–C) groups is 1. The molecule has 0 N–H and O–H groups in total. The Morgan fingerprint density at radius 2 is 2.58 bits per heavy atom. The smallest absolute Gasteiger partial charge is 0.174 e. The number of hydrogen-bond donors (Lipinski definition) is 0. The Morgan fingerprint density at radius 1 is 1.67 bits per heavy atom. The van der Waals surface area contributed by atoms with E-state index < -0.39 is 0 Å². The molecule has 1 atom stereocenters. The van der Waals surface area contributed by atoms with Crippen LogP contribution in [0.5, 0.6) is 0 Å². The maximum absolute atomic E-state index is 5.29. The second-order valence-electron chi connectivity index (χ2n) is 2.43. The van der Waals surface area contributed by atoms with Gasteiger partial charge in [0.2, 0.25) is 0 Å². The Kier molecular flexibility index (Phi) is 1.75. The lowest BCUT2D eigenvalue weighted by Gasteiger charge is -2.12. The zero-order chi connectivity index (χ0) is 8.39. The molecular weight excluding hydrogens is 154 g/mol. The van der Waals surface area contributed by atoms with Crippen molar-refractivity contribution < 1.29 is 4.84 Å². The Hall–Kier alpha value is -1.42. The molecule has 4 nitrogen and oxygen atoms in total. The van der Waals surface area contributed by atoms with Gasteiger partial charge in [-0.25, -0.2) is 14.9 Å². The van der Waals surface area contributed by atoms with Crippen molar-refractivity contribution in [2.75, 3.05) is 5.06 Å². The number of rotatable bonds is 1. The lowest BCUT2D eigenvalue weighted by molar-refractivity contribution is 0.101. The van der Waals surface area contributed by atoms with E-state index in [-0.39, 0.29) is 6.23 Å². The van der Waals surface area contributed by atoms with Crippen molar-refractivity contribution in [3.8, 4) is 0 Å². The summed E-state index contributed by atoms with van der Waals surface area (Å²) in [4.78, 5) is 13.2. The van der Waals surface area contributed by atoms with E-state index in [4.69, 9.17) is 4.84 Å². The summed E-state index contributed by atoms with van der Waals surface area (Å²) in [7, 11) is 0. The average Bonchev–Trinajstić information content (AvgIpc) is 2.54. The average molecular weight is 162 g/mol. The van der Waals surface area contributed by atoms with E-state index in [0.29, 0.717) is 0 Å². The van der Waals surface area contributed by atoms with Crippen LogP contribution in [-0.2, 0) is 4.84 Å². The van der Waals surface area contributed by atoms with E-state index in [1.807, 2.05) is 19.1 Å². The van der Waals surface area contributed by atoms with E-state index in [9.17, 15) is 0 Å². The molecule has 2 rings (SSSR count). The molecule has 0 saturated carbocycles. The minimum absolute atomic E-state index is 0.112. The van der Waals surface area contributed by atoms with Gasteiger partial charge in [-0.15, -0.1) is 0 Å². The molecule has 0 aliphatic carbocycles. The summed E-state index contributed by atoms with van der Waals surface area (Å²) in [5.74, 6) is 0. The lowest BCUT2D eigenvalue weighted by atomic mass is 10.4. The maximum Gasteiger partial charge on any atom is 0.174 e. The van der Waals surface area contributed by atoms with Gasteiger partial charge in [0, 0.05) is 6.20 Å². The summed E-state index contributed by atoms with van der Waals surface area (Å²) in [6.07, 6.45) is 5.97. The molecule has 1 aliphatic rings. The molecule has 0 bridgehead atoms. The molecule has 1 radical (unpaired) electrons. The largest absolute Gasteiger partial charge is 0.252 e. The molecule has 0 spiro atoms. The molecule has 4 heteroatoms. The van der Waals surface area contributed by atoms with Crippen LogP contribution in [0.1, 0.15) is 6.92 Å². The van der Waals surface area contributed by atoms with Gasteiger partial charge < -0.3 is 0 Å². The molecule has 12 heavy (non-hydrogen) atoms. The van der Waals surface area contributed by atoms with E-state index >= 15 is 0 Å². The van der Waals surface area contributed by atoms with Crippen LogP contribution in [0.4, 0.5) is 5.69 Å². The quantitative estimate of drug-likeness (QED) is 0.618. The van der Waals surface area contributed by atoms with Gasteiger partial charge in [0.05, 0.1) is 5.69 Å². The van der Waals surface area contributed by atoms with Crippen LogP contribution in [0.3, 0.4) is 0 Å². The normalized spacial score (nSPS) is 21.8. The van der Waals surface area contributed by atoms with Crippen LogP contribution in [0.25, 0.3) is 0 Å². The van der Waals surface area contributed by atoms with Crippen molar-refractivity contribution in [3.05, 3.63) is 24.5 Å². The van der Waals surface area contributed by atoms with E-state index in [2.05, 4.69) is 16.2 Å². The van der Waals surface area contributed by atoms with Crippen LogP contribution >= 0.6 is 0 Å². The van der Waals surface area contributed by atoms with Gasteiger partial charge in [-0.1, -0.05) is 0 Å². The van der Waals surface area contributed by atoms with Crippen molar-refractivity contribution in [3.63, 3.8) is 0 Å². The topological polar surface area (TPSA) is 37.7 Å². The van der Waals surface area contributed by atoms with E-state index in [1.165, 1.54) is 0 Å². The van der Waals surface area contributed by atoms with Crippen LogP contribution < -0.4 is 5.06 Å². The summed E-state index contributed by atoms with van der Waals surface area (Å²) in [6.45, 7) is 1.87. The van der Waals surface area contributed by atoms with Crippen LogP contribution in [-0.4, -0.2) is 17.6 Å². The summed E-state index contributed by atoms with van der Waals surface area (Å²) >= 11 is 0. The van der Waals surface area contributed by atoms with Gasteiger partial charge in [0.1, 0.15) is 12.5 Å². The molecular formula is C8H8N3O. The zero-order valence-electron chi connectivity index (χ0n) is 6.64. The molecule has 0 aromatic carbocycles. The minimum Gasteiger partial charge on any atom is -0.252 e. The first-order chi connectivity index (χ1) is 5.86. The molecule has 2 heterocycles. The van der Waals surface area contributed by atoms with Crippen molar-refractivity contribution >= 4 is 12.0 Å². The Bertz CT molecular complexity index is 286. The molecule has 1 aromatic heterocycles. The van der Waals surface area contributed by atoms with Gasteiger partial charge >= 0.3 is 0 Å². The molecule has 0 amide bonds.